The first-order valence-corrected chi connectivity index (χ1v) is 6.46. The van der Waals surface area contributed by atoms with Crippen molar-refractivity contribution in [2.45, 2.75) is 31.5 Å². The molecule has 2 heterocycles. The fourth-order valence-electron chi connectivity index (χ4n) is 2.83. The summed E-state index contributed by atoms with van der Waals surface area (Å²) in [5.74, 6) is 0. The molecule has 2 nitrogen and oxygen atoms in total. The zero-order valence-corrected chi connectivity index (χ0v) is 10.3. The van der Waals surface area contributed by atoms with Crippen LogP contribution in [0.1, 0.15) is 24.1 Å². The molecule has 0 aliphatic carbocycles. The molecular formula is C14H15F3N2. The van der Waals surface area contributed by atoms with E-state index in [4.69, 9.17) is 0 Å². The van der Waals surface area contributed by atoms with Crippen molar-refractivity contribution in [1.29, 1.82) is 0 Å². The molecule has 1 aliphatic rings. The average Bonchev–Trinajstić information content (AvgIpc) is 2.97. The maximum atomic E-state index is 13.1. The van der Waals surface area contributed by atoms with Crippen LogP contribution in [0.4, 0.5) is 13.2 Å². The van der Waals surface area contributed by atoms with Crippen LogP contribution < -0.4 is 5.32 Å². The molecular weight excluding hydrogens is 253 g/mol. The average molecular weight is 268 g/mol. The van der Waals surface area contributed by atoms with E-state index in [2.05, 4.69) is 10.3 Å². The Hall–Kier alpha value is -1.49. The summed E-state index contributed by atoms with van der Waals surface area (Å²) in [5.41, 5.74) is 0.354. The molecule has 1 aromatic carbocycles. The number of aromatic amines is 1. The molecule has 2 aromatic rings. The van der Waals surface area contributed by atoms with Gasteiger partial charge in [-0.1, -0.05) is 18.2 Å². The Morgan fingerprint density at radius 1 is 1.21 bits per heavy atom. The third kappa shape index (κ3) is 2.34. The summed E-state index contributed by atoms with van der Waals surface area (Å²) in [6, 6.07) is 7.13. The summed E-state index contributed by atoms with van der Waals surface area (Å²) >= 11 is 0. The minimum absolute atomic E-state index is 0.153. The smallest absolute Gasteiger partial charge is 0.351 e. The standard InChI is InChI=1S/C14H15F3N2/c15-14(16,17)13-11(8-9-4-3-7-18-9)10-5-1-2-6-12(10)19-13/h1-2,5-6,9,18-19H,3-4,7-8H2. The summed E-state index contributed by atoms with van der Waals surface area (Å²) in [7, 11) is 0. The number of nitrogens with one attached hydrogen (secondary N) is 2. The van der Waals surface area contributed by atoms with Crippen LogP contribution in [0.2, 0.25) is 0 Å². The summed E-state index contributed by atoms with van der Waals surface area (Å²) in [6.45, 7) is 0.897. The quantitative estimate of drug-likeness (QED) is 0.857. The van der Waals surface area contributed by atoms with E-state index in [1.165, 1.54) is 0 Å². The topological polar surface area (TPSA) is 27.8 Å². The van der Waals surface area contributed by atoms with Crippen molar-refractivity contribution in [3.8, 4) is 0 Å². The number of para-hydroxylation sites is 1. The second-order valence-corrected chi connectivity index (χ2v) is 5.02. The molecule has 1 unspecified atom stereocenters. The first-order valence-electron chi connectivity index (χ1n) is 6.46. The monoisotopic (exact) mass is 268 g/mol. The molecule has 1 fully saturated rings. The lowest BCUT2D eigenvalue weighted by molar-refractivity contribution is -0.141. The van der Waals surface area contributed by atoms with Crippen LogP contribution >= 0.6 is 0 Å². The van der Waals surface area contributed by atoms with Gasteiger partial charge in [-0.3, -0.25) is 0 Å². The molecule has 3 rings (SSSR count). The second-order valence-electron chi connectivity index (χ2n) is 5.02. The van der Waals surface area contributed by atoms with Gasteiger partial charge in [0.2, 0.25) is 0 Å². The van der Waals surface area contributed by atoms with E-state index in [0.29, 0.717) is 22.9 Å². The molecule has 0 bridgehead atoms. The van der Waals surface area contributed by atoms with Gasteiger partial charge in [-0.05, 0) is 37.4 Å². The summed E-state index contributed by atoms with van der Waals surface area (Å²) < 4.78 is 39.3. The number of hydrogen-bond donors (Lipinski definition) is 2. The van der Waals surface area contributed by atoms with Crippen molar-refractivity contribution in [3.05, 3.63) is 35.5 Å². The molecule has 102 valence electrons. The van der Waals surface area contributed by atoms with Crippen LogP contribution in [0.3, 0.4) is 0 Å². The molecule has 0 amide bonds. The highest BCUT2D eigenvalue weighted by atomic mass is 19.4. The molecule has 19 heavy (non-hydrogen) atoms. The second kappa shape index (κ2) is 4.56. The van der Waals surface area contributed by atoms with Crippen LogP contribution in [-0.2, 0) is 12.6 Å². The van der Waals surface area contributed by atoms with E-state index < -0.39 is 11.9 Å². The molecule has 1 aliphatic heterocycles. The van der Waals surface area contributed by atoms with Crippen molar-refractivity contribution < 1.29 is 13.2 Å². The van der Waals surface area contributed by atoms with E-state index >= 15 is 0 Å². The van der Waals surface area contributed by atoms with Crippen molar-refractivity contribution in [2.24, 2.45) is 0 Å². The number of H-pyrrole nitrogens is 1. The van der Waals surface area contributed by atoms with Gasteiger partial charge in [-0.15, -0.1) is 0 Å². The lowest BCUT2D eigenvalue weighted by Crippen LogP contribution is -2.24. The van der Waals surface area contributed by atoms with Gasteiger partial charge in [-0.2, -0.15) is 13.2 Å². The lowest BCUT2D eigenvalue weighted by Gasteiger charge is -2.13. The molecule has 1 saturated heterocycles. The molecule has 0 saturated carbocycles. The van der Waals surface area contributed by atoms with Crippen LogP contribution in [0.15, 0.2) is 24.3 Å². The van der Waals surface area contributed by atoms with E-state index in [1.807, 2.05) is 0 Å². The lowest BCUT2D eigenvalue weighted by atomic mass is 10.0. The van der Waals surface area contributed by atoms with Gasteiger partial charge in [0.1, 0.15) is 5.69 Å². The maximum Gasteiger partial charge on any atom is 0.431 e. The zero-order valence-electron chi connectivity index (χ0n) is 10.3. The number of hydrogen-bond acceptors (Lipinski definition) is 1. The van der Waals surface area contributed by atoms with Gasteiger partial charge in [0.25, 0.3) is 0 Å². The maximum absolute atomic E-state index is 13.1. The Labute approximate surface area is 109 Å². The van der Waals surface area contributed by atoms with E-state index in [-0.39, 0.29) is 6.04 Å². The van der Waals surface area contributed by atoms with Crippen LogP contribution in [0.25, 0.3) is 10.9 Å². The summed E-state index contributed by atoms with van der Waals surface area (Å²) in [5, 5.41) is 3.94. The van der Waals surface area contributed by atoms with Gasteiger partial charge in [0, 0.05) is 16.9 Å². The van der Waals surface area contributed by atoms with Gasteiger partial charge < -0.3 is 10.3 Å². The largest absolute Gasteiger partial charge is 0.431 e. The van der Waals surface area contributed by atoms with Gasteiger partial charge in [0.15, 0.2) is 0 Å². The van der Waals surface area contributed by atoms with Crippen LogP contribution in [0.5, 0.6) is 0 Å². The van der Waals surface area contributed by atoms with Crippen molar-refractivity contribution in [3.63, 3.8) is 0 Å². The summed E-state index contributed by atoms with van der Waals surface area (Å²) in [6.07, 6.45) is -1.92. The molecule has 1 aromatic heterocycles. The number of rotatable bonds is 2. The molecule has 2 N–H and O–H groups in total. The first kappa shape index (κ1) is 12.5. The predicted molar refractivity (Wildman–Crippen MR) is 68.0 cm³/mol. The van der Waals surface area contributed by atoms with E-state index in [9.17, 15) is 13.2 Å². The fraction of sp³-hybridized carbons (Fsp3) is 0.429. The van der Waals surface area contributed by atoms with Gasteiger partial charge >= 0.3 is 6.18 Å². The SMILES string of the molecule is FC(F)(F)c1[nH]c2ccccc2c1CC1CCCN1. The molecule has 0 spiro atoms. The van der Waals surface area contributed by atoms with Gasteiger partial charge in [-0.25, -0.2) is 0 Å². The third-order valence-corrected chi connectivity index (χ3v) is 3.71. The highest BCUT2D eigenvalue weighted by molar-refractivity contribution is 5.85. The van der Waals surface area contributed by atoms with Crippen LogP contribution in [0, 0.1) is 0 Å². The van der Waals surface area contributed by atoms with Crippen molar-refractivity contribution in [1.82, 2.24) is 10.3 Å². The third-order valence-electron chi connectivity index (χ3n) is 3.71. The van der Waals surface area contributed by atoms with Gasteiger partial charge in [0.05, 0.1) is 0 Å². The molecule has 1 atom stereocenters. The number of halogens is 3. The highest BCUT2D eigenvalue weighted by Crippen LogP contribution is 2.36. The Morgan fingerprint density at radius 2 is 2.00 bits per heavy atom. The Balaban J connectivity index is 2.07. The number of benzene rings is 1. The normalized spacial score (nSPS) is 20.3. The van der Waals surface area contributed by atoms with Crippen molar-refractivity contribution in [2.75, 3.05) is 6.54 Å². The highest BCUT2D eigenvalue weighted by Gasteiger charge is 2.36. The minimum atomic E-state index is -4.33. The Morgan fingerprint density at radius 3 is 2.68 bits per heavy atom. The fourth-order valence-corrected chi connectivity index (χ4v) is 2.83. The Kier molecular flexibility index (Phi) is 3.01. The number of alkyl halides is 3. The predicted octanol–water partition coefficient (Wildman–Crippen LogP) is 3.48. The van der Waals surface area contributed by atoms with E-state index in [0.717, 1.165) is 19.4 Å². The minimum Gasteiger partial charge on any atom is -0.351 e. The Bertz CT molecular complexity index is 580. The molecule has 0 radical (unpaired) electrons. The van der Waals surface area contributed by atoms with Crippen LogP contribution in [-0.4, -0.2) is 17.6 Å². The molecule has 5 heteroatoms. The zero-order chi connectivity index (χ0) is 13.5. The first-order chi connectivity index (χ1) is 9.05. The summed E-state index contributed by atoms with van der Waals surface area (Å²) in [4.78, 5) is 2.53. The van der Waals surface area contributed by atoms with Crippen molar-refractivity contribution >= 4 is 10.9 Å². The van der Waals surface area contributed by atoms with E-state index in [1.54, 1.807) is 24.3 Å². The number of fused-ring (bicyclic) bond motifs is 1. The number of aromatic nitrogens is 1.